The molecule has 0 heterocycles. The van der Waals surface area contributed by atoms with Crippen molar-refractivity contribution in [2.45, 2.75) is 0 Å². The van der Waals surface area contributed by atoms with Crippen molar-refractivity contribution in [1.29, 1.82) is 0 Å². The van der Waals surface area contributed by atoms with Crippen LogP contribution < -0.4 is 10.5 Å². The fourth-order valence-electron chi connectivity index (χ4n) is 0.895. The molecule has 0 unspecified atom stereocenters. The highest BCUT2D eigenvalue weighted by Gasteiger charge is 2.06. The highest BCUT2D eigenvalue weighted by atomic mass is 35.5. The van der Waals surface area contributed by atoms with Crippen LogP contribution in [0.25, 0.3) is 0 Å². The van der Waals surface area contributed by atoms with Crippen molar-refractivity contribution >= 4 is 34.6 Å². The van der Waals surface area contributed by atoms with Gasteiger partial charge in [0.05, 0.1) is 21.4 Å². The summed E-state index contributed by atoms with van der Waals surface area (Å²) in [5.41, 5.74) is 0.434. The van der Waals surface area contributed by atoms with Gasteiger partial charge in [-0.05, 0) is 12.1 Å². The largest absolute Gasteiger partial charge is 0.733 e. The van der Waals surface area contributed by atoms with Gasteiger partial charge in [-0.15, -0.1) is 0 Å². The summed E-state index contributed by atoms with van der Waals surface area (Å²) in [4.78, 5) is 0. The minimum Gasteiger partial charge on any atom is -0.733 e. The Morgan fingerprint density at radius 3 is 2.38 bits per heavy atom. The third kappa shape index (κ3) is 2.16. The lowest BCUT2D eigenvalue weighted by Crippen LogP contribution is -2.09. The van der Waals surface area contributed by atoms with E-state index in [2.05, 4.69) is 5.32 Å². The van der Waals surface area contributed by atoms with Crippen molar-refractivity contribution < 1.29 is 5.21 Å². The minimum absolute atomic E-state index is 0.0249. The van der Waals surface area contributed by atoms with Crippen LogP contribution in [0, 0.1) is 5.21 Å². The molecule has 4 nitrogen and oxygen atoms in total. The maximum Gasteiger partial charge on any atom is 0.0756 e. The number of nitrogens with one attached hydrogen (secondary N) is 1. The zero-order valence-electron chi connectivity index (χ0n) is 6.71. The van der Waals surface area contributed by atoms with E-state index < -0.39 is 0 Å². The van der Waals surface area contributed by atoms with Gasteiger partial charge < -0.3 is 15.8 Å². The van der Waals surface area contributed by atoms with Crippen LogP contribution in [0.15, 0.2) is 12.1 Å². The molecule has 0 aliphatic rings. The van der Waals surface area contributed by atoms with Crippen molar-refractivity contribution in [3.63, 3.8) is 0 Å². The zero-order valence-corrected chi connectivity index (χ0v) is 8.23. The molecule has 1 aromatic carbocycles. The molecule has 13 heavy (non-hydrogen) atoms. The summed E-state index contributed by atoms with van der Waals surface area (Å²) < 4.78 is 0. The molecule has 0 aliphatic carbocycles. The summed E-state index contributed by atoms with van der Waals surface area (Å²) in [6.07, 6.45) is 0. The van der Waals surface area contributed by atoms with Crippen molar-refractivity contribution in [2.75, 3.05) is 17.6 Å². The van der Waals surface area contributed by atoms with Crippen LogP contribution in [-0.4, -0.2) is 12.3 Å². The van der Waals surface area contributed by atoms with E-state index in [4.69, 9.17) is 28.4 Å². The van der Waals surface area contributed by atoms with Gasteiger partial charge in [0.1, 0.15) is 0 Å². The van der Waals surface area contributed by atoms with Gasteiger partial charge in [0.2, 0.25) is 0 Å². The highest BCUT2D eigenvalue weighted by Crippen LogP contribution is 2.33. The lowest BCUT2D eigenvalue weighted by Gasteiger charge is -2.24. The van der Waals surface area contributed by atoms with Crippen LogP contribution in [0.1, 0.15) is 0 Å². The number of benzene rings is 1. The molecule has 0 aliphatic heterocycles. The number of halogens is 2. The molecule has 1 aromatic rings. The molecule has 0 fully saturated rings. The monoisotopic (exact) mass is 221 g/mol. The summed E-state index contributed by atoms with van der Waals surface area (Å²) in [6, 6.07) is 2.74. The van der Waals surface area contributed by atoms with E-state index in [1.165, 1.54) is 12.1 Å². The number of hydrogen-bond acceptors (Lipinski definition) is 4. The molecule has 1 rings (SSSR count). The average Bonchev–Trinajstić information content (AvgIpc) is 2.08. The van der Waals surface area contributed by atoms with Crippen LogP contribution in [0.4, 0.5) is 11.4 Å². The van der Waals surface area contributed by atoms with Crippen molar-refractivity contribution in [2.24, 2.45) is 0 Å². The molecule has 0 radical (unpaired) electrons. The van der Waals surface area contributed by atoms with E-state index in [0.29, 0.717) is 10.7 Å². The first kappa shape index (κ1) is 10.4. The first-order valence-corrected chi connectivity index (χ1v) is 4.14. The highest BCUT2D eigenvalue weighted by molar-refractivity contribution is 6.42. The molecule has 0 atom stereocenters. The van der Waals surface area contributed by atoms with Gasteiger partial charge in [0.15, 0.2) is 0 Å². The topological polar surface area (TPSA) is 58.6 Å². The van der Waals surface area contributed by atoms with E-state index in [-0.39, 0.29) is 15.9 Å². The molecule has 0 amide bonds. The van der Waals surface area contributed by atoms with Crippen LogP contribution in [0.2, 0.25) is 10.0 Å². The molecular formula is C7H7Cl2N2O2-. The smallest absolute Gasteiger partial charge is 0.0756 e. The van der Waals surface area contributed by atoms with Crippen molar-refractivity contribution in [3.05, 3.63) is 27.4 Å². The summed E-state index contributed by atoms with van der Waals surface area (Å²) in [6.45, 7) is 0. The van der Waals surface area contributed by atoms with Gasteiger partial charge in [-0.2, -0.15) is 0 Å². The van der Waals surface area contributed by atoms with Gasteiger partial charge in [0, 0.05) is 7.05 Å². The van der Waals surface area contributed by atoms with Gasteiger partial charge in [0.25, 0.3) is 0 Å². The fraction of sp³-hybridized carbons (Fsp3) is 0.143. The summed E-state index contributed by atoms with van der Waals surface area (Å²) >= 11 is 11.3. The van der Waals surface area contributed by atoms with E-state index in [1.807, 2.05) is 0 Å². The van der Waals surface area contributed by atoms with Crippen LogP contribution in [0.3, 0.4) is 0 Å². The average molecular weight is 222 g/mol. The first-order valence-electron chi connectivity index (χ1n) is 3.39. The maximum absolute atomic E-state index is 10.6. The summed E-state index contributed by atoms with van der Waals surface area (Å²) in [7, 11) is 1.60. The predicted molar refractivity (Wildman–Crippen MR) is 53.6 cm³/mol. The van der Waals surface area contributed by atoms with Crippen LogP contribution in [-0.2, 0) is 0 Å². The number of anilines is 2. The van der Waals surface area contributed by atoms with Crippen molar-refractivity contribution in [1.82, 2.24) is 0 Å². The Kier molecular flexibility index (Phi) is 3.22. The van der Waals surface area contributed by atoms with Gasteiger partial charge in [-0.25, -0.2) is 0 Å². The van der Waals surface area contributed by atoms with Gasteiger partial charge in [-0.3, -0.25) is 5.21 Å². The molecular weight excluding hydrogens is 215 g/mol. The van der Waals surface area contributed by atoms with E-state index in [1.54, 1.807) is 7.05 Å². The Bertz CT molecular complexity index is 318. The molecule has 6 heteroatoms. The van der Waals surface area contributed by atoms with Gasteiger partial charge in [-0.1, -0.05) is 23.2 Å². The molecule has 72 valence electrons. The standard InChI is InChI=1S/C7H7Cl2N2O2/c1-10-6-2-4(8)5(9)3-7(6)11(12)13/h2-3,10,12H,1H3/q-1. The Morgan fingerprint density at radius 1 is 1.38 bits per heavy atom. The van der Waals surface area contributed by atoms with E-state index >= 15 is 0 Å². The lowest BCUT2D eigenvalue weighted by molar-refractivity contribution is 0.297. The Labute approximate surface area is 85.2 Å². The number of nitrogens with zero attached hydrogens (tertiary/aromatic N) is 1. The van der Waals surface area contributed by atoms with Crippen molar-refractivity contribution in [3.8, 4) is 0 Å². The molecule has 2 N–H and O–H groups in total. The second kappa shape index (κ2) is 4.02. The van der Waals surface area contributed by atoms with E-state index in [0.717, 1.165) is 0 Å². The second-order valence-electron chi connectivity index (χ2n) is 2.31. The SMILES string of the molecule is CNc1cc(Cl)c(Cl)cc1N([O-])O. The molecule has 0 bridgehead atoms. The maximum atomic E-state index is 10.6. The summed E-state index contributed by atoms with van der Waals surface area (Å²) in [5.74, 6) is 0. The summed E-state index contributed by atoms with van der Waals surface area (Å²) in [5, 5.41) is 22.3. The second-order valence-corrected chi connectivity index (χ2v) is 3.12. The van der Waals surface area contributed by atoms with Gasteiger partial charge >= 0.3 is 0 Å². The normalized spacial score (nSPS) is 9.92. The molecule has 0 saturated carbocycles. The molecule has 0 saturated heterocycles. The third-order valence-electron chi connectivity index (χ3n) is 1.51. The Balaban J connectivity index is 3.25. The number of rotatable bonds is 2. The fourth-order valence-corrected chi connectivity index (χ4v) is 1.22. The van der Waals surface area contributed by atoms with Crippen LogP contribution >= 0.6 is 23.2 Å². The third-order valence-corrected chi connectivity index (χ3v) is 2.24. The Morgan fingerprint density at radius 2 is 1.92 bits per heavy atom. The Hall–Kier alpha value is -0.680. The van der Waals surface area contributed by atoms with E-state index in [9.17, 15) is 5.21 Å². The molecule has 0 spiro atoms. The quantitative estimate of drug-likeness (QED) is 0.755. The minimum atomic E-state index is -0.270. The molecule has 0 aromatic heterocycles. The zero-order chi connectivity index (χ0) is 10.0. The first-order chi connectivity index (χ1) is 6.06. The predicted octanol–water partition coefficient (Wildman–Crippen LogP) is 2.73. The number of hydrogen-bond donors (Lipinski definition) is 2. The lowest BCUT2D eigenvalue weighted by atomic mass is 10.2. The van der Waals surface area contributed by atoms with Crippen LogP contribution in [0.5, 0.6) is 0 Å².